The van der Waals surface area contributed by atoms with Crippen molar-refractivity contribution < 1.29 is 24.6 Å². The molecule has 0 fully saturated rings. The average molecular weight is 657 g/mol. The van der Waals surface area contributed by atoms with Gasteiger partial charge in [0.2, 0.25) is 5.91 Å². The van der Waals surface area contributed by atoms with E-state index in [2.05, 4.69) is 29.7 Å². The van der Waals surface area contributed by atoms with E-state index >= 15 is 0 Å². The molecule has 0 aliphatic rings. The molecule has 3 rings (SSSR count). The second-order valence-corrected chi connectivity index (χ2v) is 12.9. The number of aromatic hydroxyl groups is 1. The Kier molecular flexibility index (Phi) is 17.9. The highest BCUT2D eigenvalue weighted by Crippen LogP contribution is 2.28. The molecule has 3 aromatic carbocycles. The van der Waals surface area contributed by atoms with Crippen LogP contribution in [0.3, 0.4) is 0 Å². The molecule has 0 heterocycles. The molecule has 0 saturated carbocycles. The third-order valence-electron chi connectivity index (χ3n) is 8.93. The van der Waals surface area contributed by atoms with Crippen molar-refractivity contribution in [3.63, 3.8) is 0 Å². The lowest BCUT2D eigenvalue weighted by atomic mass is 9.96. The Bertz CT molecular complexity index is 1430. The van der Waals surface area contributed by atoms with Gasteiger partial charge >= 0.3 is 5.97 Å². The summed E-state index contributed by atoms with van der Waals surface area (Å²) >= 11 is 0. The van der Waals surface area contributed by atoms with Gasteiger partial charge in [-0.2, -0.15) is 0 Å². The smallest absolute Gasteiger partial charge is 0.307 e. The number of allylic oxidation sites excluding steroid dienone is 2. The topological polar surface area (TPSA) is 116 Å². The molecule has 0 bridgehead atoms. The minimum atomic E-state index is -0.924. The molecule has 4 N–H and O–H groups in total. The molecule has 0 radical (unpaired) electrons. The van der Waals surface area contributed by atoms with Crippen molar-refractivity contribution >= 4 is 34.2 Å². The quantitative estimate of drug-likeness (QED) is 0.0566. The Morgan fingerprint density at radius 1 is 0.750 bits per heavy atom. The molecule has 0 aliphatic carbocycles. The fourth-order valence-corrected chi connectivity index (χ4v) is 6.00. The van der Waals surface area contributed by atoms with Crippen LogP contribution in [0.25, 0.3) is 10.8 Å². The molecule has 3 aromatic rings. The number of benzene rings is 3. The summed E-state index contributed by atoms with van der Waals surface area (Å²) in [5, 5.41) is 27.4. The highest BCUT2D eigenvalue weighted by atomic mass is 16.4. The SMILES string of the molecule is CCCCCCCC/C=C/CCCCCCCCC(CC(=O)Nc1ccc(CCNC(=O)c2ccc3ccccc3c2O)cc1)C(=O)O. The van der Waals surface area contributed by atoms with Gasteiger partial charge < -0.3 is 20.8 Å². The van der Waals surface area contributed by atoms with Gasteiger partial charge in [-0.05, 0) is 67.7 Å². The van der Waals surface area contributed by atoms with Crippen LogP contribution in [0.1, 0.15) is 126 Å². The van der Waals surface area contributed by atoms with E-state index in [9.17, 15) is 24.6 Å². The standard InChI is InChI=1S/C41H56N2O5/c1-2-3-4-5-6-7-8-9-10-11-12-13-14-15-16-17-21-34(41(47)48)31-38(44)43-35-26-23-32(24-27-35)29-30-42-40(46)37-28-25-33-20-18-19-22-36(33)39(37)45/h9-10,18-20,22-28,34,45H,2-8,11-17,21,29-31H2,1H3,(H,42,46)(H,43,44)(H,47,48)/b10-9+. The van der Waals surface area contributed by atoms with Crippen molar-refractivity contribution in [3.05, 3.63) is 83.9 Å². The number of carbonyl (C=O) groups excluding carboxylic acids is 2. The van der Waals surface area contributed by atoms with Crippen LogP contribution in [0, 0.1) is 5.92 Å². The van der Waals surface area contributed by atoms with Crippen molar-refractivity contribution in [2.45, 2.75) is 116 Å². The zero-order valence-corrected chi connectivity index (χ0v) is 28.9. The number of rotatable bonds is 24. The summed E-state index contributed by atoms with van der Waals surface area (Å²) in [7, 11) is 0. The van der Waals surface area contributed by atoms with Crippen LogP contribution >= 0.6 is 0 Å². The number of amides is 2. The lowest BCUT2D eigenvalue weighted by Crippen LogP contribution is -2.25. The lowest BCUT2D eigenvalue weighted by Gasteiger charge is -2.13. The predicted octanol–water partition coefficient (Wildman–Crippen LogP) is 9.97. The van der Waals surface area contributed by atoms with Crippen LogP contribution in [0.4, 0.5) is 5.69 Å². The number of hydrogen-bond donors (Lipinski definition) is 4. The maximum Gasteiger partial charge on any atom is 0.307 e. The fourth-order valence-electron chi connectivity index (χ4n) is 6.00. The highest BCUT2D eigenvalue weighted by molar-refractivity contribution is 6.03. The zero-order chi connectivity index (χ0) is 34.4. The van der Waals surface area contributed by atoms with Gasteiger partial charge in [0, 0.05) is 24.0 Å². The number of phenols is 1. The van der Waals surface area contributed by atoms with E-state index in [1.54, 1.807) is 24.3 Å². The molecule has 0 aromatic heterocycles. The summed E-state index contributed by atoms with van der Waals surface area (Å²) in [5.41, 5.74) is 1.81. The molecule has 7 heteroatoms. The Morgan fingerprint density at radius 2 is 1.38 bits per heavy atom. The molecule has 2 amide bonds. The van der Waals surface area contributed by atoms with Crippen LogP contribution in [0.2, 0.25) is 0 Å². The zero-order valence-electron chi connectivity index (χ0n) is 28.9. The molecule has 48 heavy (non-hydrogen) atoms. The van der Waals surface area contributed by atoms with Gasteiger partial charge in [0.25, 0.3) is 5.91 Å². The molecule has 1 unspecified atom stereocenters. The number of hydrogen-bond acceptors (Lipinski definition) is 4. The van der Waals surface area contributed by atoms with Crippen LogP contribution in [-0.2, 0) is 16.0 Å². The van der Waals surface area contributed by atoms with E-state index in [-0.39, 0.29) is 29.5 Å². The second kappa shape index (κ2) is 22.4. The van der Waals surface area contributed by atoms with E-state index in [1.165, 1.54) is 64.2 Å². The molecule has 1 atom stereocenters. The largest absolute Gasteiger partial charge is 0.506 e. The van der Waals surface area contributed by atoms with Crippen LogP contribution in [-0.4, -0.2) is 34.5 Å². The lowest BCUT2D eigenvalue weighted by molar-refractivity contribution is -0.143. The normalized spacial score (nSPS) is 11.9. The number of unbranched alkanes of at least 4 members (excludes halogenated alkanes) is 12. The number of carboxylic acid groups (broad SMARTS) is 1. The van der Waals surface area contributed by atoms with Crippen molar-refractivity contribution in [3.8, 4) is 5.75 Å². The number of anilines is 1. The first-order valence-corrected chi connectivity index (χ1v) is 18.1. The van der Waals surface area contributed by atoms with Crippen molar-refractivity contribution in [2.24, 2.45) is 5.92 Å². The molecule has 0 spiro atoms. The predicted molar refractivity (Wildman–Crippen MR) is 197 cm³/mol. The first-order chi connectivity index (χ1) is 23.4. The van der Waals surface area contributed by atoms with Crippen LogP contribution in [0.15, 0.2) is 72.8 Å². The molecular formula is C41H56N2O5. The van der Waals surface area contributed by atoms with Crippen molar-refractivity contribution in [1.29, 1.82) is 0 Å². The van der Waals surface area contributed by atoms with Crippen LogP contribution < -0.4 is 10.6 Å². The minimum Gasteiger partial charge on any atom is -0.506 e. The third kappa shape index (κ3) is 14.3. The van der Waals surface area contributed by atoms with Gasteiger partial charge in [-0.1, -0.05) is 126 Å². The summed E-state index contributed by atoms with van der Waals surface area (Å²) in [6.45, 7) is 2.63. The molecule has 260 valence electrons. The van der Waals surface area contributed by atoms with E-state index in [1.807, 2.05) is 36.4 Å². The molecule has 7 nitrogen and oxygen atoms in total. The van der Waals surface area contributed by atoms with Gasteiger partial charge in [-0.3, -0.25) is 14.4 Å². The summed E-state index contributed by atoms with van der Waals surface area (Å²) in [4.78, 5) is 37.1. The Balaban J connectivity index is 1.26. The van der Waals surface area contributed by atoms with Gasteiger partial charge in [0.1, 0.15) is 5.75 Å². The van der Waals surface area contributed by atoms with E-state index < -0.39 is 11.9 Å². The highest BCUT2D eigenvalue weighted by Gasteiger charge is 2.21. The monoisotopic (exact) mass is 656 g/mol. The van der Waals surface area contributed by atoms with Gasteiger partial charge in [-0.15, -0.1) is 0 Å². The maximum atomic E-state index is 12.7. The Labute approximate surface area is 287 Å². The number of carboxylic acids is 1. The first-order valence-electron chi connectivity index (χ1n) is 18.1. The molecule has 0 saturated heterocycles. The number of aliphatic carboxylic acids is 1. The summed E-state index contributed by atoms with van der Waals surface area (Å²) < 4.78 is 0. The van der Waals surface area contributed by atoms with Gasteiger partial charge in [0.05, 0.1) is 11.5 Å². The minimum absolute atomic E-state index is 0.0288. The molecule has 0 aliphatic heterocycles. The Morgan fingerprint density at radius 3 is 2.04 bits per heavy atom. The van der Waals surface area contributed by atoms with E-state index in [0.29, 0.717) is 30.5 Å². The number of carbonyl (C=O) groups is 3. The Hall–Kier alpha value is -4.13. The first kappa shape index (κ1) is 38.3. The average Bonchev–Trinajstić information content (AvgIpc) is 3.08. The van der Waals surface area contributed by atoms with E-state index in [0.717, 1.165) is 36.6 Å². The maximum absolute atomic E-state index is 12.7. The second-order valence-electron chi connectivity index (χ2n) is 12.9. The van der Waals surface area contributed by atoms with E-state index in [4.69, 9.17) is 0 Å². The number of phenolic OH excluding ortho intramolecular Hbond substituents is 1. The van der Waals surface area contributed by atoms with Gasteiger partial charge in [0.15, 0.2) is 0 Å². The van der Waals surface area contributed by atoms with Crippen molar-refractivity contribution in [2.75, 3.05) is 11.9 Å². The van der Waals surface area contributed by atoms with Crippen LogP contribution in [0.5, 0.6) is 5.75 Å². The summed E-state index contributed by atoms with van der Waals surface area (Å²) in [5.74, 6) is -2.28. The molecular weight excluding hydrogens is 600 g/mol. The van der Waals surface area contributed by atoms with Gasteiger partial charge in [-0.25, -0.2) is 0 Å². The fraction of sp³-hybridized carbons (Fsp3) is 0.488. The number of nitrogens with one attached hydrogen (secondary N) is 2. The number of fused-ring (bicyclic) bond motifs is 1. The van der Waals surface area contributed by atoms with Crippen molar-refractivity contribution in [1.82, 2.24) is 5.32 Å². The summed E-state index contributed by atoms with van der Waals surface area (Å²) in [6, 6.07) is 18.1. The third-order valence-corrected chi connectivity index (χ3v) is 8.93. The summed E-state index contributed by atoms with van der Waals surface area (Å²) in [6.07, 6.45) is 22.6.